The Morgan fingerprint density at radius 1 is 1.27 bits per heavy atom. The van der Waals surface area contributed by atoms with Crippen LogP contribution in [0.15, 0.2) is 12.4 Å². The molecule has 7 heteroatoms. The molecular weight excluding hydrogens is 216 g/mol. The van der Waals surface area contributed by atoms with Crippen LogP contribution < -0.4 is 0 Å². The largest absolute Gasteiger partial charge is 0.247 e. The zero-order valence-corrected chi connectivity index (χ0v) is 8.97. The van der Waals surface area contributed by atoms with Crippen molar-refractivity contribution < 1.29 is 8.42 Å². The van der Waals surface area contributed by atoms with Crippen LogP contribution in [0.4, 0.5) is 0 Å². The molecule has 2 aliphatic rings. The Hall–Kier alpha value is -0.950. The van der Waals surface area contributed by atoms with Crippen LogP contribution in [0.25, 0.3) is 0 Å². The minimum Gasteiger partial charge on any atom is -0.247 e. The van der Waals surface area contributed by atoms with Gasteiger partial charge in [-0.2, -0.15) is 4.31 Å². The van der Waals surface area contributed by atoms with E-state index >= 15 is 0 Å². The van der Waals surface area contributed by atoms with Crippen molar-refractivity contribution >= 4 is 10.0 Å². The van der Waals surface area contributed by atoms with Crippen molar-refractivity contribution in [3.8, 4) is 0 Å². The van der Waals surface area contributed by atoms with Crippen LogP contribution in [0.3, 0.4) is 0 Å². The molecule has 0 unspecified atom stereocenters. The summed E-state index contributed by atoms with van der Waals surface area (Å²) in [5.41, 5.74) is 0. The van der Waals surface area contributed by atoms with Crippen molar-refractivity contribution in [3.05, 3.63) is 12.4 Å². The van der Waals surface area contributed by atoms with E-state index in [1.54, 1.807) is 21.4 Å². The fourth-order valence-electron chi connectivity index (χ4n) is 1.78. The quantitative estimate of drug-likeness (QED) is 0.707. The van der Waals surface area contributed by atoms with Gasteiger partial charge in [0.15, 0.2) is 0 Å². The van der Waals surface area contributed by atoms with Crippen molar-refractivity contribution in [2.45, 2.75) is 24.1 Å². The first-order chi connectivity index (χ1) is 7.18. The Morgan fingerprint density at radius 3 is 2.53 bits per heavy atom. The van der Waals surface area contributed by atoms with Gasteiger partial charge in [-0.05, 0) is 12.8 Å². The topological polar surface area (TPSA) is 68.1 Å². The van der Waals surface area contributed by atoms with Crippen LogP contribution in [0.1, 0.15) is 18.9 Å². The van der Waals surface area contributed by atoms with E-state index in [1.165, 1.54) is 0 Å². The lowest BCUT2D eigenvalue weighted by Gasteiger charge is -2.37. The third-order valence-corrected chi connectivity index (χ3v) is 5.28. The first-order valence-electron chi connectivity index (χ1n) is 5.02. The van der Waals surface area contributed by atoms with E-state index in [0.29, 0.717) is 13.1 Å². The number of sulfonamides is 1. The van der Waals surface area contributed by atoms with Crippen LogP contribution in [0.2, 0.25) is 0 Å². The van der Waals surface area contributed by atoms with Crippen molar-refractivity contribution in [3.63, 3.8) is 0 Å². The molecule has 1 aromatic rings. The maximum absolute atomic E-state index is 11.8. The normalized spacial score (nSPS) is 24.0. The Balaban J connectivity index is 1.67. The summed E-state index contributed by atoms with van der Waals surface area (Å²) in [5, 5.41) is 7.46. The summed E-state index contributed by atoms with van der Waals surface area (Å²) in [6.45, 7) is 1.09. The second kappa shape index (κ2) is 3.02. The van der Waals surface area contributed by atoms with E-state index in [1.807, 2.05) is 0 Å². The number of aromatic nitrogens is 3. The average molecular weight is 228 g/mol. The highest BCUT2D eigenvalue weighted by atomic mass is 32.2. The smallest absolute Gasteiger partial charge is 0.217 e. The molecule has 1 saturated heterocycles. The van der Waals surface area contributed by atoms with E-state index in [4.69, 9.17) is 0 Å². The number of nitrogens with zero attached hydrogens (tertiary/aromatic N) is 4. The summed E-state index contributed by atoms with van der Waals surface area (Å²) in [6.07, 6.45) is 5.03. The zero-order chi connectivity index (χ0) is 10.5. The molecule has 0 atom stereocenters. The minimum atomic E-state index is -2.98. The summed E-state index contributed by atoms with van der Waals surface area (Å²) in [6, 6.07) is 0.168. The maximum atomic E-state index is 11.8. The third-order valence-electron chi connectivity index (χ3n) is 2.95. The van der Waals surface area contributed by atoms with Gasteiger partial charge in [-0.15, -0.1) is 5.10 Å². The van der Waals surface area contributed by atoms with Gasteiger partial charge in [0.05, 0.1) is 17.5 Å². The second-order valence-corrected chi connectivity index (χ2v) is 6.31. The van der Waals surface area contributed by atoms with E-state index in [0.717, 1.165) is 12.8 Å². The average Bonchev–Trinajstić information content (AvgIpc) is 2.84. The summed E-state index contributed by atoms with van der Waals surface area (Å²) in [5.74, 6) is 0. The molecule has 3 rings (SSSR count). The summed E-state index contributed by atoms with van der Waals surface area (Å²) < 4.78 is 26.8. The van der Waals surface area contributed by atoms with Gasteiger partial charge in [0.1, 0.15) is 0 Å². The molecule has 2 fully saturated rings. The Bertz CT molecular complexity index is 445. The fourth-order valence-corrected chi connectivity index (χ4v) is 3.69. The molecule has 1 aliphatic heterocycles. The van der Waals surface area contributed by atoms with Gasteiger partial charge in [0.2, 0.25) is 10.0 Å². The van der Waals surface area contributed by atoms with Crippen LogP contribution in [0, 0.1) is 0 Å². The Labute approximate surface area is 87.9 Å². The molecule has 82 valence electrons. The molecule has 0 N–H and O–H groups in total. The van der Waals surface area contributed by atoms with Crippen LogP contribution >= 0.6 is 0 Å². The molecule has 0 bridgehead atoms. The highest BCUT2D eigenvalue weighted by Crippen LogP contribution is 2.35. The summed E-state index contributed by atoms with van der Waals surface area (Å²) in [7, 11) is -2.98. The standard InChI is InChI=1S/C8H12N4O2S/c13-15(14,8-1-2-8)11-5-7(6-11)12-4-3-9-10-12/h3-4,7-8H,1-2,5-6H2. The molecule has 1 aromatic heterocycles. The van der Waals surface area contributed by atoms with Crippen molar-refractivity contribution in [1.29, 1.82) is 0 Å². The van der Waals surface area contributed by atoms with Crippen LogP contribution in [-0.2, 0) is 10.0 Å². The van der Waals surface area contributed by atoms with E-state index < -0.39 is 10.0 Å². The SMILES string of the molecule is O=S(=O)(C1CC1)N1CC(n2ccnn2)C1. The monoisotopic (exact) mass is 228 g/mol. The van der Waals surface area contributed by atoms with Crippen molar-refractivity contribution in [1.82, 2.24) is 19.3 Å². The lowest BCUT2D eigenvalue weighted by molar-refractivity contribution is 0.188. The zero-order valence-electron chi connectivity index (χ0n) is 8.15. The van der Waals surface area contributed by atoms with Gasteiger partial charge in [0.25, 0.3) is 0 Å². The molecule has 2 heterocycles. The summed E-state index contributed by atoms with van der Waals surface area (Å²) in [4.78, 5) is 0. The lowest BCUT2D eigenvalue weighted by Crippen LogP contribution is -2.51. The van der Waals surface area contributed by atoms with Gasteiger partial charge in [-0.1, -0.05) is 5.21 Å². The predicted octanol–water partition coefficient (Wildman–Crippen LogP) is -0.373. The van der Waals surface area contributed by atoms with Crippen molar-refractivity contribution in [2.75, 3.05) is 13.1 Å². The molecule has 6 nitrogen and oxygen atoms in total. The van der Waals surface area contributed by atoms with E-state index in [-0.39, 0.29) is 11.3 Å². The molecule has 0 aromatic carbocycles. The van der Waals surface area contributed by atoms with E-state index in [9.17, 15) is 8.42 Å². The lowest BCUT2D eigenvalue weighted by atomic mass is 10.2. The van der Waals surface area contributed by atoms with Crippen LogP contribution in [-0.4, -0.2) is 46.1 Å². The molecule has 15 heavy (non-hydrogen) atoms. The fraction of sp³-hybridized carbons (Fsp3) is 0.750. The van der Waals surface area contributed by atoms with Crippen LogP contribution in [0.5, 0.6) is 0 Å². The van der Waals surface area contributed by atoms with Crippen molar-refractivity contribution in [2.24, 2.45) is 0 Å². The van der Waals surface area contributed by atoms with E-state index in [2.05, 4.69) is 10.3 Å². The van der Waals surface area contributed by atoms with Gasteiger partial charge >= 0.3 is 0 Å². The maximum Gasteiger partial charge on any atom is 0.217 e. The first kappa shape index (κ1) is 9.29. The van der Waals surface area contributed by atoms with Gasteiger partial charge < -0.3 is 0 Å². The highest BCUT2D eigenvalue weighted by molar-refractivity contribution is 7.90. The molecule has 0 spiro atoms. The predicted molar refractivity (Wildman–Crippen MR) is 52.6 cm³/mol. The minimum absolute atomic E-state index is 0.103. The molecule has 1 saturated carbocycles. The molecule has 1 aliphatic carbocycles. The first-order valence-corrected chi connectivity index (χ1v) is 6.53. The molecule has 0 amide bonds. The van der Waals surface area contributed by atoms with Gasteiger partial charge in [-0.3, -0.25) is 0 Å². The van der Waals surface area contributed by atoms with Gasteiger partial charge in [-0.25, -0.2) is 13.1 Å². The second-order valence-electron chi connectivity index (χ2n) is 4.10. The highest BCUT2D eigenvalue weighted by Gasteiger charge is 2.45. The number of hydrogen-bond donors (Lipinski definition) is 0. The number of hydrogen-bond acceptors (Lipinski definition) is 4. The summed E-state index contributed by atoms with van der Waals surface area (Å²) >= 11 is 0. The molecule has 0 radical (unpaired) electrons. The molecular formula is C8H12N4O2S. The number of rotatable bonds is 3. The van der Waals surface area contributed by atoms with Gasteiger partial charge in [0, 0.05) is 19.3 Å². The Morgan fingerprint density at radius 2 is 2.00 bits per heavy atom. The Kier molecular flexibility index (Phi) is 1.87. The third kappa shape index (κ3) is 1.46.